The highest BCUT2D eigenvalue weighted by molar-refractivity contribution is 7.92. The molecule has 6 heteroatoms. The second kappa shape index (κ2) is 10.6. The van der Waals surface area contributed by atoms with Crippen molar-refractivity contribution in [3.05, 3.63) is 58.7 Å². The fraction of sp³-hybridized carbons (Fsp3) is 0.458. The first kappa shape index (κ1) is 23.9. The molecule has 2 rings (SSSR count). The molecule has 0 spiro atoms. The second-order valence-electron chi connectivity index (χ2n) is 8.09. The predicted octanol–water partition coefficient (Wildman–Crippen LogP) is 5.36. The Morgan fingerprint density at radius 2 is 1.67 bits per heavy atom. The number of aryl methyl sites for hydroxylation is 3. The van der Waals surface area contributed by atoms with Gasteiger partial charge in [-0.25, -0.2) is 8.42 Å². The maximum atomic E-state index is 13.0. The Bertz CT molecular complexity index is 964. The van der Waals surface area contributed by atoms with E-state index in [1.165, 1.54) is 6.07 Å². The molecule has 2 aromatic carbocycles. The molecule has 0 aliphatic heterocycles. The minimum absolute atomic E-state index is 0.118. The van der Waals surface area contributed by atoms with Crippen LogP contribution in [-0.2, 0) is 10.0 Å². The van der Waals surface area contributed by atoms with Gasteiger partial charge in [0.15, 0.2) is 0 Å². The fourth-order valence-corrected chi connectivity index (χ4v) is 4.87. The predicted molar refractivity (Wildman–Crippen MR) is 124 cm³/mol. The number of nitrogens with one attached hydrogen (secondary N) is 2. The number of hydrogen-bond donors (Lipinski definition) is 2. The summed E-state index contributed by atoms with van der Waals surface area (Å²) in [5, 5.41) is 2.97. The molecule has 0 fully saturated rings. The number of unbranched alkanes of at least 4 members (excludes halogenated alkanes) is 1. The van der Waals surface area contributed by atoms with E-state index in [1.54, 1.807) is 31.2 Å². The molecule has 1 atom stereocenters. The maximum absolute atomic E-state index is 13.0. The Balaban J connectivity index is 2.19. The number of sulfonamides is 1. The van der Waals surface area contributed by atoms with Crippen LogP contribution in [0.5, 0.6) is 0 Å². The van der Waals surface area contributed by atoms with Crippen LogP contribution in [0.3, 0.4) is 0 Å². The van der Waals surface area contributed by atoms with Crippen molar-refractivity contribution in [3.63, 3.8) is 0 Å². The second-order valence-corrected chi connectivity index (χ2v) is 9.74. The minimum atomic E-state index is -3.81. The van der Waals surface area contributed by atoms with Gasteiger partial charge >= 0.3 is 0 Å². The van der Waals surface area contributed by atoms with Gasteiger partial charge in [0.25, 0.3) is 15.9 Å². The maximum Gasteiger partial charge on any atom is 0.262 e. The summed E-state index contributed by atoms with van der Waals surface area (Å²) in [4.78, 5) is 12.8. The Morgan fingerprint density at radius 1 is 1.00 bits per heavy atom. The molecule has 0 bridgehead atoms. The van der Waals surface area contributed by atoms with Crippen LogP contribution in [0.25, 0.3) is 0 Å². The van der Waals surface area contributed by atoms with Gasteiger partial charge in [0, 0.05) is 17.8 Å². The molecular formula is C24H34N2O3S. The Labute approximate surface area is 181 Å². The monoisotopic (exact) mass is 430 g/mol. The molecule has 0 aromatic heterocycles. The van der Waals surface area contributed by atoms with Crippen molar-refractivity contribution in [1.29, 1.82) is 0 Å². The first-order valence-corrected chi connectivity index (χ1v) is 12.1. The van der Waals surface area contributed by atoms with E-state index in [0.29, 0.717) is 29.3 Å². The smallest absolute Gasteiger partial charge is 0.262 e. The number of carbonyl (C=O) groups excluding carboxylic acids is 1. The summed E-state index contributed by atoms with van der Waals surface area (Å²) in [5.41, 5.74) is 3.42. The summed E-state index contributed by atoms with van der Waals surface area (Å²) in [5.74, 6) is 0.196. The highest BCUT2D eigenvalue weighted by Crippen LogP contribution is 2.22. The topological polar surface area (TPSA) is 75.3 Å². The zero-order valence-corrected chi connectivity index (χ0v) is 19.5. The molecule has 0 heterocycles. The first-order chi connectivity index (χ1) is 14.2. The van der Waals surface area contributed by atoms with E-state index in [4.69, 9.17) is 0 Å². The molecule has 1 unspecified atom stereocenters. The lowest BCUT2D eigenvalue weighted by molar-refractivity contribution is 0.0945. The van der Waals surface area contributed by atoms with E-state index in [-0.39, 0.29) is 10.8 Å². The molecule has 0 aliphatic rings. The van der Waals surface area contributed by atoms with Crippen LogP contribution in [-0.4, -0.2) is 20.9 Å². The molecule has 0 radical (unpaired) electrons. The van der Waals surface area contributed by atoms with Crippen LogP contribution in [0.1, 0.15) is 66.6 Å². The normalized spacial score (nSPS) is 12.4. The van der Waals surface area contributed by atoms with Crippen LogP contribution in [0, 0.1) is 26.7 Å². The summed E-state index contributed by atoms with van der Waals surface area (Å²) < 4.78 is 28.7. The summed E-state index contributed by atoms with van der Waals surface area (Å²) in [6.07, 6.45) is 4.37. The molecule has 0 saturated heterocycles. The van der Waals surface area contributed by atoms with Crippen molar-refractivity contribution >= 4 is 21.6 Å². The Kier molecular flexibility index (Phi) is 8.47. The van der Waals surface area contributed by atoms with E-state index in [9.17, 15) is 13.2 Å². The lowest BCUT2D eigenvalue weighted by atomic mass is 9.99. The van der Waals surface area contributed by atoms with E-state index in [2.05, 4.69) is 23.9 Å². The standard InChI is InChI=1S/C24H34N2O3S/c1-6-8-9-20(7-2)16-25-24(27)21-11-10-19(5)23(15-21)30(28,29)26-22-13-17(3)12-18(4)14-22/h10-15,20,26H,6-9,16H2,1-5H3,(H,25,27). The highest BCUT2D eigenvalue weighted by Gasteiger charge is 2.20. The van der Waals surface area contributed by atoms with Crippen LogP contribution < -0.4 is 10.0 Å². The number of amides is 1. The number of hydrogen-bond acceptors (Lipinski definition) is 3. The molecule has 0 aliphatic carbocycles. The van der Waals surface area contributed by atoms with Gasteiger partial charge in [0.1, 0.15) is 0 Å². The van der Waals surface area contributed by atoms with Gasteiger partial charge in [-0.15, -0.1) is 0 Å². The summed E-state index contributed by atoms with van der Waals surface area (Å²) in [7, 11) is -3.81. The first-order valence-electron chi connectivity index (χ1n) is 10.7. The van der Waals surface area contributed by atoms with Gasteiger partial charge in [-0.1, -0.05) is 45.2 Å². The largest absolute Gasteiger partial charge is 0.352 e. The van der Waals surface area contributed by atoms with Crippen molar-refractivity contribution in [1.82, 2.24) is 5.32 Å². The molecule has 164 valence electrons. The Morgan fingerprint density at radius 3 is 2.27 bits per heavy atom. The van der Waals surface area contributed by atoms with Crippen LogP contribution in [0.2, 0.25) is 0 Å². The van der Waals surface area contributed by atoms with Crippen molar-refractivity contribution in [2.24, 2.45) is 5.92 Å². The molecule has 0 saturated carbocycles. The van der Waals surface area contributed by atoms with E-state index < -0.39 is 10.0 Å². The number of carbonyl (C=O) groups is 1. The van der Waals surface area contributed by atoms with Crippen molar-refractivity contribution in [2.45, 2.75) is 65.2 Å². The molecule has 5 nitrogen and oxygen atoms in total. The van der Waals surface area contributed by atoms with Crippen molar-refractivity contribution in [2.75, 3.05) is 11.3 Å². The van der Waals surface area contributed by atoms with Gasteiger partial charge < -0.3 is 5.32 Å². The summed E-state index contributed by atoms with van der Waals surface area (Å²) >= 11 is 0. The Hall–Kier alpha value is -2.34. The van der Waals surface area contributed by atoms with E-state index in [0.717, 1.165) is 36.8 Å². The number of anilines is 1. The zero-order chi connectivity index (χ0) is 22.3. The zero-order valence-electron chi connectivity index (χ0n) is 18.7. The lowest BCUT2D eigenvalue weighted by Gasteiger charge is -2.16. The lowest BCUT2D eigenvalue weighted by Crippen LogP contribution is -2.29. The molecule has 2 aromatic rings. The summed E-state index contributed by atoms with van der Waals surface area (Å²) in [6, 6.07) is 10.4. The van der Waals surface area contributed by atoms with E-state index >= 15 is 0 Å². The van der Waals surface area contributed by atoms with Crippen molar-refractivity contribution < 1.29 is 13.2 Å². The van der Waals surface area contributed by atoms with Gasteiger partial charge in [0.05, 0.1) is 4.90 Å². The molecule has 1 amide bonds. The number of rotatable bonds is 10. The van der Waals surface area contributed by atoms with Gasteiger partial charge in [-0.05, 0) is 74.1 Å². The number of benzene rings is 2. The van der Waals surface area contributed by atoms with Crippen LogP contribution >= 0.6 is 0 Å². The molecular weight excluding hydrogens is 396 g/mol. The SMILES string of the molecule is CCCCC(CC)CNC(=O)c1ccc(C)c(S(=O)(=O)Nc2cc(C)cc(C)c2)c1. The van der Waals surface area contributed by atoms with E-state index in [1.807, 2.05) is 19.9 Å². The van der Waals surface area contributed by atoms with Gasteiger partial charge in [-0.2, -0.15) is 0 Å². The average Bonchev–Trinajstić information content (AvgIpc) is 2.67. The van der Waals surface area contributed by atoms with Gasteiger partial charge in [0.2, 0.25) is 0 Å². The van der Waals surface area contributed by atoms with Crippen molar-refractivity contribution in [3.8, 4) is 0 Å². The third kappa shape index (κ3) is 6.59. The third-order valence-corrected chi connectivity index (χ3v) is 6.83. The summed E-state index contributed by atoms with van der Waals surface area (Å²) in [6.45, 7) is 10.5. The minimum Gasteiger partial charge on any atom is -0.352 e. The van der Waals surface area contributed by atoms with Crippen LogP contribution in [0.4, 0.5) is 5.69 Å². The third-order valence-electron chi connectivity index (χ3n) is 5.31. The molecule has 30 heavy (non-hydrogen) atoms. The van der Waals surface area contributed by atoms with Gasteiger partial charge in [-0.3, -0.25) is 9.52 Å². The molecule has 2 N–H and O–H groups in total. The fourth-order valence-electron chi connectivity index (χ4n) is 3.56. The average molecular weight is 431 g/mol. The quantitative estimate of drug-likeness (QED) is 0.533. The highest BCUT2D eigenvalue weighted by atomic mass is 32.2. The van der Waals surface area contributed by atoms with Crippen LogP contribution in [0.15, 0.2) is 41.3 Å².